The molecule has 0 radical (unpaired) electrons. The van der Waals surface area contributed by atoms with Gasteiger partial charge in [0.2, 0.25) is 0 Å². The van der Waals surface area contributed by atoms with Crippen LogP contribution in [-0.4, -0.2) is 29.8 Å². The first-order valence-electron chi connectivity index (χ1n) is 10.2. The van der Waals surface area contributed by atoms with Crippen molar-refractivity contribution in [2.45, 2.75) is 32.1 Å². The van der Waals surface area contributed by atoms with E-state index < -0.39 is 0 Å². The van der Waals surface area contributed by atoms with Crippen molar-refractivity contribution in [1.82, 2.24) is 4.90 Å². The van der Waals surface area contributed by atoms with Crippen LogP contribution in [0.3, 0.4) is 0 Å². The quantitative estimate of drug-likeness (QED) is 0.658. The molecule has 1 saturated carbocycles. The van der Waals surface area contributed by atoms with Crippen LogP contribution in [0.1, 0.15) is 52.8 Å². The molecule has 1 N–H and O–H groups in total. The average Bonchev–Trinajstić information content (AvgIpc) is 2.73. The topological polar surface area (TPSA) is 49.4 Å². The number of nitrogens with zero attached hydrogens (tertiary/aromatic N) is 1. The first kappa shape index (κ1) is 20.2. The van der Waals surface area contributed by atoms with Crippen molar-refractivity contribution in [2.24, 2.45) is 11.8 Å². The van der Waals surface area contributed by atoms with Gasteiger partial charge in [-0.15, -0.1) is 0 Å². The van der Waals surface area contributed by atoms with Gasteiger partial charge >= 0.3 is 0 Å². The zero-order chi connectivity index (χ0) is 20.4. The molecule has 1 aliphatic heterocycles. The van der Waals surface area contributed by atoms with Gasteiger partial charge in [0.25, 0.3) is 11.8 Å². The zero-order valence-corrected chi connectivity index (χ0v) is 17.7. The van der Waals surface area contributed by atoms with Gasteiger partial charge in [-0.05, 0) is 67.1 Å². The van der Waals surface area contributed by atoms with Gasteiger partial charge in [0.15, 0.2) is 0 Å². The second-order valence-corrected chi connectivity index (χ2v) is 8.84. The normalized spacial score (nSPS) is 21.4. The number of amides is 2. The molecule has 2 aromatic carbocycles. The highest BCUT2D eigenvalue weighted by Crippen LogP contribution is 2.36. The molecule has 2 atom stereocenters. The third kappa shape index (κ3) is 4.59. The Bertz CT molecular complexity index is 914. The molecule has 0 unspecified atom stereocenters. The summed E-state index contributed by atoms with van der Waals surface area (Å²) < 4.78 is 0. The van der Waals surface area contributed by atoms with E-state index in [2.05, 4.69) is 5.32 Å². The van der Waals surface area contributed by atoms with Crippen LogP contribution in [-0.2, 0) is 0 Å². The second-order valence-electron chi connectivity index (χ2n) is 8.00. The summed E-state index contributed by atoms with van der Waals surface area (Å²) in [6, 6.07) is 11.8. The largest absolute Gasteiger partial charge is 0.338 e. The number of carbonyl (C=O) groups excluding carboxylic acids is 2. The van der Waals surface area contributed by atoms with Gasteiger partial charge in [0.1, 0.15) is 0 Å². The van der Waals surface area contributed by atoms with Crippen molar-refractivity contribution in [1.29, 1.82) is 0 Å². The maximum Gasteiger partial charge on any atom is 0.257 e. The van der Waals surface area contributed by atoms with Crippen LogP contribution in [0.5, 0.6) is 0 Å². The number of piperidine rings is 1. The first-order chi connectivity index (χ1) is 14.0. The first-order valence-corrected chi connectivity index (χ1v) is 10.9. The summed E-state index contributed by atoms with van der Waals surface area (Å²) in [6.07, 6.45) is 6.30. The number of anilines is 1. The van der Waals surface area contributed by atoms with E-state index in [1.54, 1.807) is 36.4 Å². The number of benzene rings is 2. The van der Waals surface area contributed by atoms with E-state index >= 15 is 0 Å². The van der Waals surface area contributed by atoms with Gasteiger partial charge < -0.3 is 10.2 Å². The maximum atomic E-state index is 12.9. The Labute approximate surface area is 181 Å². The van der Waals surface area contributed by atoms with Crippen molar-refractivity contribution in [3.63, 3.8) is 0 Å². The van der Waals surface area contributed by atoms with Gasteiger partial charge in [0, 0.05) is 29.4 Å². The third-order valence-corrected chi connectivity index (χ3v) is 6.69. The molecule has 0 bridgehead atoms. The van der Waals surface area contributed by atoms with Crippen LogP contribution >= 0.6 is 23.2 Å². The highest BCUT2D eigenvalue weighted by atomic mass is 35.5. The molecule has 4 nitrogen and oxygen atoms in total. The number of likely N-dealkylation sites (tertiary alicyclic amines) is 1. The van der Waals surface area contributed by atoms with Gasteiger partial charge in [-0.1, -0.05) is 42.5 Å². The highest BCUT2D eigenvalue weighted by molar-refractivity contribution is 6.37. The fraction of sp³-hybridized carbons (Fsp3) is 0.391. The van der Waals surface area contributed by atoms with E-state index in [0.29, 0.717) is 32.8 Å². The molecule has 2 aliphatic rings. The van der Waals surface area contributed by atoms with Crippen molar-refractivity contribution < 1.29 is 9.59 Å². The number of nitrogens with one attached hydrogen (secondary N) is 1. The molecule has 6 heteroatoms. The number of carbonyl (C=O) groups is 2. The molecule has 1 aliphatic carbocycles. The molecule has 0 spiro atoms. The summed E-state index contributed by atoms with van der Waals surface area (Å²) in [5, 5.41) is 3.59. The van der Waals surface area contributed by atoms with E-state index in [1.165, 1.54) is 31.7 Å². The van der Waals surface area contributed by atoms with Crippen LogP contribution in [0.4, 0.5) is 5.69 Å². The minimum atomic E-state index is -0.315. The van der Waals surface area contributed by atoms with Crippen LogP contribution in [0.15, 0.2) is 42.5 Å². The highest BCUT2D eigenvalue weighted by Gasteiger charge is 2.33. The molecule has 0 aromatic heterocycles. The number of hydrogen-bond acceptors (Lipinski definition) is 2. The van der Waals surface area contributed by atoms with E-state index in [1.807, 2.05) is 4.90 Å². The summed E-state index contributed by atoms with van der Waals surface area (Å²) >= 11 is 12.0. The predicted octanol–water partition coefficient (Wildman–Crippen LogP) is 5.90. The molecule has 29 heavy (non-hydrogen) atoms. The smallest absolute Gasteiger partial charge is 0.257 e. The molecular formula is C23H24Cl2N2O2. The van der Waals surface area contributed by atoms with E-state index in [-0.39, 0.29) is 11.8 Å². The Kier molecular flexibility index (Phi) is 6.12. The van der Waals surface area contributed by atoms with Crippen LogP contribution in [0.2, 0.25) is 10.0 Å². The Balaban J connectivity index is 1.39. The maximum absolute atomic E-state index is 12.9. The van der Waals surface area contributed by atoms with Gasteiger partial charge in [-0.25, -0.2) is 0 Å². The lowest BCUT2D eigenvalue weighted by Crippen LogP contribution is -2.44. The third-order valence-electron chi connectivity index (χ3n) is 6.14. The van der Waals surface area contributed by atoms with Crippen molar-refractivity contribution in [3.05, 3.63) is 63.6 Å². The Morgan fingerprint density at radius 1 is 0.931 bits per heavy atom. The van der Waals surface area contributed by atoms with Crippen molar-refractivity contribution in [3.8, 4) is 0 Å². The van der Waals surface area contributed by atoms with Gasteiger partial charge in [0.05, 0.1) is 10.6 Å². The van der Waals surface area contributed by atoms with E-state index in [9.17, 15) is 9.59 Å². The SMILES string of the molecule is O=C(Nc1ccc(C(=O)N2CC[C@H]3CCCC[C@H]3C2)cc1)c1ccc(Cl)cc1Cl. The number of rotatable bonds is 3. The molecule has 1 saturated heterocycles. The van der Waals surface area contributed by atoms with Gasteiger partial charge in [-0.2, -0.15) is 0 Å². The molecule has 4 rings (SSSR count). The minimum absolute atomic E-state index is 0.0765. The zero-order valence-electron chi connectivity index (χ0n) is 16.2. The lowest BCUT2D eigenvalue weighted by atomic mass is 9.75. The van der Waals surface area contributed by atoms with Crippen molar-refractivity contribution in [2.75, 3.05) is 18.4 Å². The molecule has 152 valence electrons. The van der Waals surface area contributed by atoms with Crippen LogP contribution in [0.25, 0.3) is 0 Å². The number of hydrogen-bond donors (Lipinski definition) is 1. The Morgan fingerprint density at radius 3 is 2.38 bits per heavy atom. The monoisotopic (exact) mass is 430 g/mol. The van der Waals surface area contributed by atoms with Crippen LogP contribution < -0.4 is 5.32 Å². The van der Waals surface area contributed by atoms with E-state index in [4.69, 9.17) is 23.2 Å². The molecular weight excluding hydrogens is 407 g/mol. The molecule has 2 amide bonds. The molecule has 1 heterocycles. The lowest BCUT2D eigenvalue weighted by molar-refractivity contribution is 0.0521. The van der Waals surface area contributed by atoms with Crippen molar-refractivity contribution >= 4 is 40.7 Å². The fourth-order valence-corrected chi connectivity index (χ4v) is 5.03. The standard InChI is InChI=1S/C23H24Cl2N2O2/c24-18-7-10-20(21(25)13-18)22(28)26-19-8-5-16(6-9-19)23(29)27-12-11-15-3-1-2-4-17(15)14-27/h5-10,13,15,17H,1-4,11-12,14H2,(H,26,28)/t15-,17+/m1/s1. The summed E-state index contributed by atoms with van der Waals surface area (Å²) in [6.45, 7) is 1.71. The summed E-state index contributed by atoms with van der Waals surface area (Å²) in [5.41, 5.74) is 1.62. The van der Waals surface area contributed by atoms with Crippen LogP contribution in [0, 0.1) is 11.8 Å². The predicted molar refractivity (Wildman–Crippen MR) is 117 cm³/mol. The summed E-state index contributed by atoms with van der Waals surface area (Å²) in [4.78, 5) is 27.3. The lowest BCUT2D eigenvalue weighted by Gasteiger charge is -2.41. The average molecular weight is 431 g/mol. The van der Waals surface area contributed by atoms with Gasteiger partial charge in [-0.3, -0.25) is 9.59 Å². The molecule has 2 aromatic rings. The number of halogens is 2. The fourth-order valence-electron chi connectivity index (χ4n) is 4.54. The Hall–Kier alpha value is -2.04. The minimum Gasteiger partial charge on any atom is -0.338 e. The summed E-state index contributed by atoms with van der Waals surface area (Å²) in [5.74, 6) is 1.21. The van der Waals surface area contributed by atoms with E-state index in [0.717, 1.165) is 25.4 Å². The summed E-state index contributed by atoms with van der Waals surface area (Å²) in [7, 11) is 0. The second kappa shape index (κ2) is 8.76. The Morgan fingerprint density at radius 2 is 1.66 bits per heavy atom. The number of fused-ring (bicyclic) bond motifs is 1. The molecule has 2 fully saturated rings.